The molecule has 0 saturated heterocycles. The number of carboxylic acids is 1. The molecule has 4 heteroatoms. The fourth-order valence-corrected chi connectivity index (χ4v) is 2.00. The van der Waals surface area contributed by atoms with Gasteiger partial charge >= 0.3 is 5.97 Å². The first kappa shape index (κ1) is 13.0. The molecule has 3 nitrogen and oxygen atoms in total. The Balaban J connectivity index is 3.64. The molecule has 0 bridgehead atoms. The van der Waals surface area contributed by atoms with E-state index in [0.29, 0.717) is 15.6 Å². The molecule has 0 fully saturated rings. The van der Waals surface area contributed by atoms with Gasteiger partial charge in [0, 0.05) is 10.0 Å². The largest absolute Gasteiger partial charge is 0.507 e. The van der Waals surface area contributed by atoms with Gasteiger partial charge in [-0.3, -0.25) is 0 Å². The molecule has 0 amide bonds. The van der Waals surface area contributed by atoms with Crippen molar-refractivity contribution in [3.8, 4) is 5.75 Å². The second-order valence-electron chi connectivity index (χ2n) is 4.81. The topological polar surface area (TPSA) is 57.5 Å². The summed E-state index contributed by atoms with van der Waals surface area (Å²) in [4.78, 5) is 11.1. The van der Waals surface area contributed by atoms with Crippen molar-refractivity contribution in [2.75, 3.05) is 0 Å². The fraction of sp³-hybridized carbons (Fsp3) is 0.417. The molecule has 0 saturated carbocycles. The highest BCUT2D eigenvalue weighted by atomic mass is 79.9. The lowest BCUT2D eigenvalue weighted by molar-refractivity contribution is 0.0692. The van der Waals surface area contributed by atoms with Crippen LogP contribution in [0.2, 0.25) is 0 Å². The third kappa shape index (κ3) is 2.21. The van der Waals surface area contributed by atoms with Crippen LogP contribution in [0.25, 0.3) is 0 Å². The summed E-state index contributed by atoms with van der Waals surface area (Å²) >= 11 is 3.32. The van der Waals surface area contributed by atoms with Crippen molar-refractivity contribution in [3.05, 3.63) is 27.2 Å². The number of rotatable bonds is 1. The van der Waals surface area contributed by atoms with Gasteiger partial charge in [0.25, 0.3) is 0 Å². The molecular formula is C12H15BrO3. The fourth-order valence-electron chi connectivity index (χ4n) is 1.57. The predicted molar refractivity (Wildman–Crippen MR) is 66.2 cm³/mol. The predicted octanol–water partition coefficient (Wildman–Crippen LogP) is 3.46. The summed E-state index contributed by atoms with van der Waals surface area (Å²) in [5.41, 5.74) is 0.838. The molecule has 1 aromatic carbocycles. The lowest BCUT2D eigenvalue weighted by Gasteiger charge is -2.22. The number of carboxylic acid groups (broad SMARTS) is 1. The Hall–Kier alpha value is -1.03. The molecule has 0 spiro atoms. The van der Waals surface area contributed by atoms with Crippen molar-refractivity contribution in [2.24, 2.45) is 0 Å². The first-order valence-corrected chi connectivity index (χ1v) is 5.71. The van der Waals surface area contributed by atoms with Crippen LogP contribution in [0.3, 0.4) is 0 Å². The van der Waals surface area contributed by atoms with Gasteiger partial charge in [-0.2, -0.15) is 0 Å². The highest BCUT2D eigenvalue weighted by molar-refractivity contribution is 9.10. The van der Waals surface area contributed by atoms with Crippen molar-refractivity contribution in [1.82, 2.24) is 0 Å². The van der Waals surface area contributed by atoms with E-state index in [1.165, 1.54) is 0 Å². The van der Waals surface area contributed by atoms with Gasteiger partial charge in [-0.05, 0) is 24.0 Å². The first-order chi connectivity index (χ1) is 7.16. The van der Waals surface area contributed by atoms with Crippen molar-refractivity contribution in [1.29, 1.82) is 0 Å². The Morgan fingerprint density at radius 3 is 2.25 bits per heavy atom. The van der Waals surface area contributed by atoms with E-state index in [1.54, 1.807) is 13.0 Å². The average Bonchev–Trinajstić information content (AvgIpc) is 2.09. The quantitative estimate of drug-likeness (QED) is 0.831. The van der Waals surface area contributed by atoms with Crippen LogP contribution in [0.15, 0.2) is 10.5 Å². The monoisotopic (exact) mass is 286 g/mol. The summed E-state index contributed by atoms with van der Waals surface area (Å²) in [5, 5.41) is 19.1. The zero-order chi connectivity index (χ0) is 12.7. The molecule has 1 aromatic rings. The number of benzene rings is 1. The smallest absolute Gasteiger partial charge is 0.339 e. The van der Waals surface area contributed by atoms with E-state index < -0.39 is 5.97 Å². The number of aromatic hydroxyl groups is 1. The molecule has 2 N–H and O–H groups in total. The molecule has 0 aliphatic rings. The maximum atomic E-state index is 11.1. The number of carbonyl (C=O) groups is 1. The maximum absolute atomic E-state index is 11.1. The van der Waals surface area contributed by atoms with Gasteiger partial charge in [0.1, 0.15) is 11.3 Å². The van der Waals surface area contributed by atoms with Crippen LogP contribution in [-0.4, -0.2) is 16.2 Å². The van der Waals surface area contributed by atoms with E-state index in [1.807, 2.05) is 20.8 Å². The van der Waals surface area contributed by atoms with Crippen molar-refractivity contribution < 1.29 is 15.0 Å². The maximum Gasteiger partial charge on any atom is 0.339 e. The summed E-state index contributed by atoms with van der Waals surface area (Å²) in [6.45, 7) is 7.44. The highest BCUT2D eigenvalue weighted by Crippen LogP contribution is 2.38. The number of halogens is 1. The summed E-state index contributed by atoms with van der Waals surface area (Å²) in [6.07, 6.45) is 0. The van der Waals surface area contributed by atoms with E-state index in [0.717, 1.165) is 0 Å². The standard InChI is InChI=1S/C12H15BrO3/c1-6-8(13)5-7(12(2,3)4)10(14)9(6)11(15)16/h5,14H,1-4H3,(H,15,16). The van der Waals surface area contributed by atoms with E-state index >= 15 is 0 Å². The second kappa shape index (κ2) is 4.09. The van der Waals surface area contributed by atoms with Crippen molar-refractivity contribution >= 4 is 21.9 Å². The van der Waals surface area contributed by atoms with E-state index in [9.17, 15) is 9.90 Å². The van der Waals surface area contributed by atoms with Gasteiger partial charge in [-0.25, -0.2) is 4.79 Å². The minimum Gasteiger partial charge on any atom is -0.507 e. The van der Waals surface area contributed by atoms with Crippen LogP contribution in [0.1, 0.15) is 42.3 Å². The van der Waals surface area contributed by atoms with Gasteiger partial charge in [-0.15, -0.1) is 0 Å². The lowest BCUT2D eigenvalue weighted by Crippen LogP contribution is -2.14. The van der Waals surface area contributed by atoms with Gasteiger partial charge in [0.05, 0.1) is 0 Å². The molecule has 88 valence electrons. The number of aromatic carboxylic acids is 1. The van der Waals surface area contributed by atoms with Gasteiger partial charge in [0.15, 0.2) is 0 Å². The summed E-state index contributed by atoms with van der Waals surface area (Å²) < 4.78 is 0.702. The van der Waals surface area contributed by atoms with Crippen LogP contribution in [0.4, 0.5) is 0 Å². The number of hydrogen-bond acceptors (Lipinski definition) is 2. The summed E-state index contributed by atoms with van der Waals surface area (Å²) in [6, 6.07) is 1.77. The molecular weight excluding hydrogens is 272 g/mol. The average molecular weight is 287 g/mol. The third-order valence-corrected chi connectivity index (χ3v) is 3.34. The summed E-state index contributed by atoms with van der Waals surface area (Å²) in [5.74, 6) is -1.25. The van der Waals surface area contributed by atoms with Crippen LogP contribution >= 0.6 is 15.9 Å². The summed E-state index contributed by atoms with van der Waals surface area (Å²) in [7, 11) is 0. The normalized spacial score (nSPS) is 11.6. The molecule has 0 heterocycles. The molecule has 0 unspecified atom stereocenters. The Labute approximate surface area is 103 Å². The van der Waals surface area contributed by atoms with E-state index in [4.69, 9.17) is 5.11 Å². The Kier molecular flexibility index (Phi) is 3.33. The second-order valence-corrected chi connectivity index (χ2v) is 5.66. The molecule has 0 atom stereocenters. The highest BCUT2D eigenvalue weighted by Gasteiger charge is 2.25. The first-order valence-electron chi connectivity index (χ1n) is 4.92. The Bertz CT molecular complexity index is 445. The van der Waals surface area contributed by atoms with Crippen molar-refractivity contribution in [3.63, 3.8) is 0 Å². The zero-order valence-electron chi connectivity index (χ0n) is 9.76. The Morgan fingerprint density at radius 2 is 1.88 bits per heavy atom. The van der Waals surface area contributed by atoms with Crippen molar-refractivity contribution in [2.45, 2.75) is 33.1 Å². The molecule has 0 aliphatic carbocycles. The molecule has 0 aromatic heterocycles. The minimum absolute atomic E-state index is 0.0284. The van der Waals surface area contributed by atoms with Crippen LogP contribution in [0, 0.1) is 6.92 Å². The third-order valence-electron chi connectivity index (χ3n) is 2.52. The van der Waals surface area contributed by atoms with Crippen LogP contribution < -0.4 is 0 Å². The van der Waals surface area contributed by atoms with E-state index in [2.05, 4.69) is 15.9 Å². The number of phenols is 1. The number of hydrogen-bond donors (Lipinski definition) is 2. The lowest BCUT2D eigenvalue weighted by atomic mass is 9.84. The zero-order valence-corrected chi connectivity index (χ0v) is 11.3. The molecule has 16 heavy (non-hydrogen) atoms. The van der Waals surface area contributed by atoms with E-state index in [-0.39, 0.29) is 16.7 Å². The molecule has 0 aliphatic heterocycles. The van der Waals surface area contributed by atoms with Gasteiger partial charge in [0.2, 0.25) is 0 Å². The van der Waals surface area contributed by atoms with Crippen LogP contribution in [-0.2, 0) is 5.41 Å². The SMILES string of the molecule is Cc1c(Br)cc(C(C)(C)C)c(O)c1C(=O)O. The van der Waals surface area contributed by atoms with Crippen LogP contribution in [0.5, 0.6) is 5.75 Å². The molecule has 0 radical (unpaired) electrons. The van der Waals surface area contributed by atoms with Gasteiger partial charge in [-0.1, -0.05) is 36.7 Å². The Morgan fingerprint density at radius 1 is 1.38 bits per heavy atom. The van der Waals surface area contributed by atoms with Gasteiger partial charge < -0.3 is 10.2 Å². The minimum atomic E-state index is -1.11. The molecule has 1 rings (SSSR count).